The summed E-state index contributed by atoms with van der Waals surface area (Å²) < 4.78 is 0. The van der Waals surface area contributed by atoms with Crippen LogP contribution in [-0.4, -0.2) is 36.1 Å². The first-order chi connectivity index (χ1) is 10.1. The van der Waals surface area contributed by atoms with Crippen molar-refractivity contribution in [3.63, 3.8) is 0 Å². The Labute approximate surface area is 123 Å². The van der Waals surface area contributed by atoms with Crippen LogP contribution in [0.15, 0.2) is 24.3 Å². The van der Waals surface area contributed by atoms with Gasteiger partial charge in [0.15, 0.2) is 0 Å². The fraction of sp³-hybridized carbons (Fsp3) is 0.467. The first kappa shape index (κ1) is 15.5. The van der Waals surface area contributed by atoms with E-state index in [4.69, 9.17) is 10.8 Å². The van der Waals surface area contributed by atoms with Crippen molar-refractivity contribution in [2.75, 3.05) is 18.5 Å². The third-order valence-electron chi connectivity index (χ3n) is 3.48. The van der Waals surface area contributed by atoms with Gasteiger partial charge < -0.3 is 21.5 Å². The van der Waals surface area contributed by atoms with Crippen LogP contribution in [0.5, 0.6) is 0 Å². The Morgan fingerprint density at radius 3 is 2.52 bits per heavy atom. The van der Waals surface area contributed by atoms with Gasteiger partial charge in [0.1, 0.15) is 0 Å². The van der Waals surface area contributed by atoms with Crippen LogP contribution in [0, 0.1) is 5.92 Å². The molecule has 1 aliphatic rings. The molecule has 1 unspecified atom stereocenters. The SMILES string of the molecule is NC(CC(=O)Nc1ccc(C(=O)NCCO)cc1)C1CC1. The van der Waals surface area contributed by atoms with Crippen molar-refractivity contribution in [2.45, 2.75) is 25.3 Å². The molecule has 2 rings (SSSR count). The molecule has 0 heterocycles. The van der Waals surface area contributed by atoms with Gasteiger partial charge in [0.05, 0.1) is 6.61 Å². The lowest BCUT2D eigenvalue weighted by Crippen LogP contribution is -2.29. The number of hydrogen-bond acceptors (Lipinski definition) is 4. The molecule has 1 aromatic rings. The summed E-state index contributed by atoms with van der Waals surface area (Å²) in [6.07, 6.45) is 2.56. The van der Waals surface area contributed by atoms with Crippen molar-refractivity contribution < 1.29 is 14.7 Å². The Kier molecular flexibility index (Phi) is 5.30. The van der Waals surface area contributed by atoms with E-state index >= 15 is 0 Å². The molecule has 1 aliphatic carbocycles. The molecule has 0 spiro atoms. The molecule has 0 saturated heterocycles. The summed E-state index contributed by atoms with van der Waals surface area (Å²) in [4.78, 5) is 23.5. The van der Waals surface area contributed by atoms with Crippen LogP contribution in [0.1, 0.15) is 29.6 Å². The van der Waals surface area contributed by atoms with E-state index in [-0.39, 0.29) is 31.0 Å². The predicted octanol–water partition coefficient (Wildman–Crippen LogP) is 0.475. The highest BCUT2D eigenvalue weighted by molar-refractivity contribution is 5.95. The minimum Gasteiger partial charge on any atom is -0.395 e. The van der Waals surface area contributed by atoms with Crippen molar-refractivity contribution in [3.8, 4) is 0 Å². The third-order valence-corrected chi connectivity index (χ3v) is 3.48. The second kappa shape index (κ2) is 7.19. The van der Waals surface area contributed by atoms with E-state index in [0.717, 1.165) is 12.8 Å². The van der Waals surface area contributed by atoms with Gasteiger partial charge in [0.25, 0.3) is 5.91 Å². The van der Waals surface area contributed by atoms with E-state index in [0.29, 0.717) is 23.6 Å². The fourth-order valence-corrected chi connectivity index (χ4v) is 2.09. The second-order valence-electron chi connectivity index (χ2n) is 5.31. The minimum atomic E-state index is -0.252. The molecule has 1 fully saturated rings. The highest BCUT2D eigenvalue weighted by Crippen LogP contribution is 2.32. The van der Waals surface area contributed by atoms with Crippen molar-refractivity contribution in [1.82, 2.24) is 5.32 Å². The monoisotopic (exact) mass is 291 g/mol. The van der Waals surface area contributed by atoms with E-state index < -0.39 is 0 Å². The lowest BCUT2D eigenvalue weighted by molar-refractivity contribution is -0.116. The van der Waals surface area contributed by atoms with Crippen molar-refractivity contribution in [2.24, 2.45) is 11.7 Å². The summed E-state index contributed by atoms with van der Waals surface area (Å²) in [5, 5.41) is 14.0. The molecule has 0 aromatic heterocycles. The summed E-state index contributed by atoms with van der Waals surface area (Å²) in [6.45, 7) is 0.123. The summed E-state index contributed by atoms with van der Waals surface area (Å²) >= 11 is 0. The number of nitrogens with one attached hydrogen (secondary N) is 2. The molecule has 0 radical (unpaired) electrons. The summed E-state index contributed by atoms with van der Waals surface area (Å²) in [7, 11) is 0. The Hall–Kier alpha value is -1.92. The first-order valence-electron chi connectivity index (χ1n) is 7.14. The van der Waals surface area contributed by atoms with Gasteiger partial charge in [-0.05, 0) is 43.0 Å². The van der Waals surface area contributed by atoms with Gasteiger partial charge in [0.2, 0.25) is 5.91 Å². The van der Waals surface area contributed by atoms with Gasteiger partial charge in [0, 0.05) is 30.3 Å². The number of aliphatic hydroxyl groups is 1. The van der Waals surface area contributed by atoms with E-state index in [9.17, 15) is 9.59 Å². The predicted molar refractivity (Wildman–Crippen MR) is 79.8 cm³/mol. The largest absolute Gasteiger partial charge is 0.395 e. The number of aliphatic hydroxyl groups excluding tert-OH is 1. The number of nitrogens with two attached hydrogens (primary N) is 1. The second-order valence-corrected chi connectivity index (χ2v) is 5.31. The van der Waals surface area contributed by atoms with Crippen molar-refractivity contribution in [3.05, 3.63) is 29.8 Å². The Balaban J connectivity index is 1.83. The van der Waals surface area contributed by atoms with E-state index in [1.54, 1.807) is 24.3 Å². The third kappa shape index (κ3) is 4.84. The molecule has 1 saturated carbocycles. The molecule has 0 bridgehead atoms. The number of benzene rings is 1. The topological polar surface area (TPSA) is 104 Å². The lowest BCUT2D eigenvalue weighted by Gasteiger charge is -2.11. The zero-order valence-corrected chi connectivity index (χ0v) is 11.8. The highest BCUT2D eigenvalue weighted by Gasteiger charge is 2.29. The summed E-state index contributed by atoms with van der Waals surface area (Å²) in [5.41, 5.74) is 7.03. The highest BCUT2D eigenvalue weighted by atomic mass is 16.3. The quantitative estimate of drug-likeness (QED) is 0.586. The average Bonchev–Trinajstić information content (AvgIpc) is 3.30. The van der Waals surface area contributed by atoms with Crippen LogP contribution in [0.3, 0.4) is 0 Å². The molecule has 6 heteroatoms. The Morgan fingerprint density at radius 1 is 1.29 bits per heavy atom. The summed E-state index contributed by atoms with van der Waals surface area (Å²) in [5.74, 6) is 0.137. The number of carbonyl (C=O) groups excluding carboxylic acids is 2. The summed E-state index contributed by atoms with van der Waals surface area (Å²) in [6, 6.07) is 6.54. The zero-order chi connectivity index (χ0) is 15.2. The molecule has 21 heavy (non-hydrogen) atoms. The molecule has 1 aromatic carbocycles. The zero-order valence-electron chi connectivity index (χ0n) is 11.8. The fourth-order valence-electron chi connectivity index (χ4n) is 2.09. The van der Waals surface area contributed by atoms with Crippen LogP contribution in [-0.2, 0) is 4.79 Å². The maximum atomic E-state index is 11.8. The lowest BCUT2D eigenvalue weighted by atomic mass is 10.1. The standard InChI is InChI=1S/C15H21N3O3/c16-13(10-1-2-10)9-14(20)18-12-5-3-11(4-6-12)15(21)17-7-8-19/h3-6,10,13,19H,1-2,7-9,16H2,(H,17,21)(H,18,20). The Bertz CT molecular complexity index is 497. The number of amides is 2. The van der Waals surface area contributed by atoms with E-state index in [1.165, 1.54) is 0 Å². The normalized spacial score (nSPS) is 15.3. The van der Waals surface area contributed by atoms with Crippen molar-refractivity contribution in [1.29, 1.82) is 0 Å². The molecule has 2 amide bonds. The molecule has 6 nitrogen and oxygen atoms in total. The van der Waals surface area contributed by atoms with Crippen LogP contribution in [0.2, 0.25) is 0 Å². The molecule has 114 valence electrons. The maximum absolute atomic E-state index is 11.8. The smallest absolute Gasteiger partial charge is 0.251 e. The molecule has 0 aliphatic heterocycles. The number of anilines is 1. The van der Waals surface area contributed by atoms with Gasteiger partial charge in [-0.1, -0.05) is 0 Å². The maximum Gasteiger partial charge on any atom is 0.251 e. The van der Waals surface area contributed by atoms with Crippen LogP contribution < -0.4 is 16.4 Å². The Morgan fingerprint density at radius 2 is 1.95 bits per heavy atom. The minimum absolute atomic E-state index is 0.0615. The van der Waals surface area contributed by atoms with Crippen LogP contribution in [0.25, 0.3) is 0 Å². The first-order valence-corrected chi connectivity index (χ1v) is 7.14. The number of hydrogen-bond donors (Lipinski definition) is 4. The molecule has 5 N–H and O–H groups in total. The van der Waals surface area contributed by atoms with Crippen LogP contribution in [0.4, 0.5) is 5.69 Å². The van der Waals surface area contributed by atoms with Gasteiger partial charge in [-0.25, -0.2) is 0 Å². The molecular formula is C15H21N3O3. The molecule has 1 atom stereocenters. The van der Waals surface area contributed by atoms with Crippen LogP contribution >= 0.6 is 0 Å². The molecular weight excluding hydrogens is 270 g/mol. The van der Waals surface area contributed by atoms with Gasteiger partial charge >= 0.3 is 0 Å². The van der Waals surface area contributed by atoms with E-state index in [1.807, 2.05) is 0 Å². The average molecular weight is 291 g/mol. The van der Waals surface area contributed by atoms with E-state index in [2.05, 4.69) is 10.6 Å². The number of rotatable bonds is 7. The van der Waals surface area contributed by atoms with Crippen molar-refractivity contribution >= 4 is 17.5 Å². The van der Waals surface area contributed by atoms with Gasteiger partial charge in [-0.15, -0.1) is 0 Å². The van der Waals surface area contributed by atoms with Gasteiger partial charge in [-0.2, -0.15) is 0 Å². The van der Waals surface area contributed by atoms with Gasteiger partial charge in [-0.3, -0.25) is 9.59 Å². The number of carbonyl (C=O) groups is 2.